The highest BCUT2D eigenvalue weighted by atomic mass is 19.2. The Labute approximate surface area is 181 Å². The Morgan fingerprint density at radius 1 is 1.16 bits per heavy atom. The van der Waals surface area contributed by atoms with Crippen LogP contribution in [0.4, 0.5) is 30.6 Å². The normalized spacial score (nSPS) is 17.5. The lowest BCUT2D eigenvalue weighted by Gasteiger charge is -2.36. The molecule has 2 aliphatic heterocycles. The maximum atomic E-state index is 13.4. The van der Waals surface area contributed by atoms with Gasteiger partial charge in [0, 0.05) is 31.9 Å². The van der Waals surface area contributed by atoms with Crippen molar-refractivity contribution < 1.29 is 18.0 Å². The van der Waals surface area contributed by atoms with E-state index >= 15 is 0 Å². The van der Waals surface area contributed by atoms with Crippen molar-refractivity contribution in [1.82, 2.24) is 19.7 Å². The van der Waals surface area contributed by atoms with Crippen LogP contribution >= 0.6 is 0 Å². The van der Waals surface area contributed by atoms with Crippen LogP contribution in [0.2, 0.25) is 0 Å². The summed E-state index contributed by atoms with van der Waals surface area (Å²) in [7, 11) is 1.74. The molecule has 0 saturated carbocycles. The summed E-state index contributed by atoms with van der Waals surface area (Å²) >= 11 is 0. The minimum absolute atomic E-state index is 0.0626. The zero-order chi connectivity index (χ0) is 22.4. The summed E-state index contributed by atoms with van der Waals surface area (Å²) in [6, 6.07) is 1.73. The molecule has 0 aliphatic carbocycles. The molecular formula is C21H20F3N7O. The first kappa shape index (κ1) is 20.3. The van der Waals surface area contributed by atoms with Gasteiger partial charge in [-0.25, -0.2) is 18.2 Å². The second-order valence-corrected chi connectivity index (χ2v) is 7.92. The molecule has 0 bridgehead atoms. The topological polar surface area (TPSA) is 79.2 Å². The molecule has 1 N–H and O–H groups in total. The molecule has 5 rings (SSSR count). The molecule has 1 aromatic carbocycles. The van der Waals surface area contributed by atoms with Gasteiger partial charge in [0.2, 0.25) is 11.9 Å². The summed E-state index contributed by atoms with van der Waals surface area (Å²) in [6.45, 7) is 1.26. The Morgan fingerprint density at radius 3 is 2.72 bits per heavy atom. The molecule has 0 radical (unpaired) electrons. The number of nitrogens with zero attached hydrogens (tertiary/aromatic N) is 6. The van der Waals surface area contributed by atoms with E-state index in [1.54, 1.807) is 30.5 Å². The fourth-order valence-electron chi connectivity index (χ4n) is 4.17. The Hall–Kier alpha value is -3.63. The number of benzene rings is 1. The molecule has 0 spiro atoms. The molecule has 32 heavy (non-hydrogen) atoms. The van der Waals surface area contributed by atoms with Gasteiger partial charge in [-0.05, 0) is 30.5 Å². The summed E-state index contributed by atoms with van der Waals surface area (Å²) in [4.78, 5) is 25.1. The zero-order valence-corrected chi connectivity index (χ0v) is 17.2. The third kappa shape index (κ3) is 3.53. The van der Waals surface area contributed by atoms with Gasteiger partial charge in [-0.1, -0.05) is 0 Å². The van der Waals surface area contributed by atoms with E-state index in [1.165, 1.54) is 4.68 Å². The van der Waals surface area contributed by atoms with Crippen molar-refractivity contribution in [2.24, 2.45) is 0 Å². The molecule has 2 aliphatic rings. The second kappa shape index (κ2) is 7.81. The van der Waals surface area contributed by atoms with Gasteiger partial charge in [-0.3, -0.25) is 9.48 Å². The van der Waals surface area contributed by atoms with Gasteiger partial charge < -0.3 is 15.1 Å². The van der Waals surface area contributed by atoms with E-state index in [2.05, 4.69) is 20.4 Å². The van der Waals surface area contributed by atoms with Gasteiger partial charge >= 0.3 is 0 Å². The van der Waals surface area contributed by atoms with Gasteiger partial charge in [0.05, 0.1) is 18.9 Å². The van der Waals surface area contributed by atoms with Crippen LogP contribution in [-0.4, -0.2) is 45.3 Å². The fourth-order valence-corrected chi connectivity index (χ4v) is 4.17. The van der Waals surface area contributed by atoms with E-state index in [0.717, 1.165) is 42.9 Å². The smallest absolute Gasteiger partial charge is 0.249 e. The minimum atomic E-state index is -1.49. The van der Waals surface area contributed by atoms with Crippen molar-refractivity contribution in [1.29, 1.82) is 0 Å². The summed E-state index contributed by atoms with van der Waals surface area (Å²) in [5.74, 6) is -2.72. The number of aromatic nitrogens is 4. The summed E-state index contributed by atoms with van der Waals surface area (Å²) in [5, 5.41) is 7.33. The average Bonchev–Trinajstić information content (AvgIpc) is 3.44. The van der Waals surface area contributed by atoms with Crippen LogP contribution in [0.5, 0.6) is 0 Å². The standard InChI is InChI=1S/C21H20F3N7O/c1-29-17-9-26-21(28-19(17)31-4-2-3-16(31)20(29)32)25-7-13-8-27-30(11-13)10-12-5-14(22)18(24)15(23)6-12/h5-6,8-9,11,16H,2-4,7,10H2,1H3,(H,25,26,28)/t16-/m0/s1. The van der Waals surface area contributed by atoms with Gasteiger partial charge in [0.15, 0.2) is 23.3 Å². The van der Waals surface area contributed by atoms with Crippen molar-refractivity contribution in [2.45, 2.75) is 32.0 Å². The predicted molar refractivity (Wildman–Crippen MR) is 111 cm³/mol. The van der Waals surface area contributed by atoms with E-state index in [4.69, 9.17) is 0 Å². The Balaban J connectivity index is 1.28. The van der Waals surface area contributed by atoms with Crippen molar-refractivity contribution >= 4 is 23.4 Å². The van der Waals surface area contributed by atoms with Gasteiger partial charge in [-0.2, -0.15) is 10.1 Å². The summed E-state index contributed by atoms with van der Waals surface area (Å²) in [6.07, 6.45) is 6.73. The first-order valence-corrected chi connectivity index (χ1v) is 10.2. The van der Waals surface area contributed by atoms with Crippen molar-refractivity contribution in [3.63, 3.8) is 0 Å². The number of likely N-dealkylation sites (N-methyl/N-ethyl adjacent to an activating group) is 1. The highest BCUT2D eigenvalue weighted by Gasteiger charge is 2.40. The maximum Gasteiger partial charge on any atom is 0.249 e. The van der Waals surface area contributed by atoms with E-state index in [0.29, 0.717) is 18.2 Å². The van der Waals surface area contributed by atoms with Gasteiger partial charge in [-0.15, -0.1) is 0 Å². The molecule has 1 fully saturated rings. The van der Waals surface area contributed by atoms with Crippen LogP contribution in [0.15, 0.2) is 30.7 Å². The summed E-state index contributed by atoms with van der Waals surface area (Å²) < 4.78 is 41.4. The molecule has 1 saturated heterocycles. The third-order valence-corrected chi connectivity index (χ3v) is 5.78. The van der Waals surface area contributed by atoms with Crippen LogP contribution in [-0.2, 0) is 17.9 Å². The van der Waals surface area contributed by atoms with Crippen LogP contribution in [0, 0.1) is 17.5 Å². The predicted octanol–water partition coefficient (Wildman–Crippen LogP) is 2.70. The number of nitrogens with one attached hydrogen (secondary N) is 1. The van der Waals surface area contributed by atoms with Crippen molar-refractivity contribution in [3.05, 3.63) is 59.3 Å². The third-order valence-electron chi connectivity index (χ3n) is 5.78. The number of anilines is 3. The number of hydrogen-bond acceptors (Lipinski definition) is 6. The number of rotatable bonds is 5. The highest BCUT2D eigenvalue weighted by Crippen LogP contribution is 2.37. The van der Waals surface area contributed by atoms with Gasteiger partial charge in [0.1, 0.15) is 11.7 Å². The highest BCUT2D eigenvalue weighted by molar-refractivity contribution is 6.04. The van der Waals surface area contributed by atoms with E-state index in [-0.39, 0.29) is 24.1 Å². The lowest BCUT2D eigenvalue weighted by molar-refractivity contribution is -0.119. The molecule has 1 amide bonds. The lowest BCUT2D eigenvalue weighted by atomic mass is 10.1. The second-order valence-electron chi connectivity index (χ2n) is 7.92. The number of amides is 1. The molecule has 2 aromatic heterocycles. The quantitative estimate of drug-likeness (QED) is 0.611. The largest absolute Gasteiger partial charge is 0.350 e. The number of halogens is 3. The molecule has 3 aromatic rings. The lowest BCUT2D eigenvalue weighted by Crippen LogP contribution is -2.49. The van der Waals surface area contributed by atoms with Crippen LogP contribution in [0.25, 0.3) is 0 Å². The average molecular weight is 443 g/mol. The first-order chi connectivity index (χ1) is 15.4. The Kier molecular flexibility index (Phi) is 4.95. The number of hydrogen-bond donors (Lipinski definition) is 1. The molecule has 4 heterocycles. The maximum absolute atomic E-state index is 13.4. The van der Waals surface area contributed by atoms with E-state index in [1.807, 2.05) is 4.90 Å². The van der Waals surface area contributed by atoms with Crippen LogP contribution in [0.3, 0.4) is 0 Å². The zero-order valence-electron chi connectivity index (χ0n) is 17.2. The number of fused-ring (bicyclic) bond motifs is 3. The SMILES string of the molecule is CN1C(=O)[C@@H]2CCCN2c2nc(NCc3cnn(Cc4cc(F)c(F)c(F)c4)c3)ncc21. The monoisotopic (exact) mass is 443 g/mol. The van der Waals surface area contributed by atoms with Crippen LogP contribution < -0.4 is 15.1 Å². The number of carbonyl (C=O) groups excluding carboxylic acids is 1. The molecule has 1 atom stereocenters. The number of carbonyl (C=O) groups is 1. The molecule has 8 nitrogen and oxygen atoms in total. The fraction of sp³-hybridized carbons (Fsp3) is 0.333. The minimum Gasteiger partial charge on any atom is -0.350 e. The van der Waals surface area contributed by atoms with Crippen LogP contribution in [0.1, 0.15) is 24.0 Å². The van der Waals surface area contributed by atoms with Gasteiger partial charge in [0.25, 0.3) is 0 Å². The van der Waals surface area contributed by atoms with Crippen molar-refractivity contribution in [2.75, 3.05) is 28.7 Å². The van der Waals surface area contributed by atoms with Crippen molar-refractivity contribution in [3.8, 4) is 0 Å². The molecule has 166 valence electrons. The first-order valence-electron chi connectivity index (χ1n) is 10.2. The molecule has 0 unspecified atom stereocenters. The Morgan fingerprint density at radius 2 is 1.94 bits per heavy atom. The molecular weight excluding hydrogens is 423 g/mol. The Bertz CT molecular complexity index is 1170. The van der Waals surface area contributed by atoms with E-state index in [9.17, 15) is 18.0 Å². The molecule has 11 heteroatoms. The van der Waals surface area contributed by atoms with E-state index < -0.39 is 17.5 Å². The summed E-state index contributed by atoms with van der Waals surface area (Å²) in [5.41, 5.74) is 1.76.